The number of aryl methyl sites for hydroxylation is 1. The Balaban J connectivity index is 1.13. The van der Waals surface area contributed by atoms with Crippen molar-refractivity contribution in [1.29, 1.82) is 0 Å². The molecule has 0 bridgehead atoms. The normalized spacial score (nSPS) is 14.0. The number of nitrogens with zero attached hydrogens (tertiary/aromatic N) is 2. The molecule has 1 heterocycles. The van der Waals surface area contributed by atoms with E-state index in [2.05, 4.69) is 39.4 Å². The molecule has 0 aromatic heterocycles. The first-order valence-electron chi connectivity index (χ1n) is 12.3. The minimum Gasteiger partial charge on any atom is -0.495 e. The molecular formula is C29H35N3O3. The highest BCUT2D eigenvalue weighted by Crippen LogP contribution is 2.28. The monoisotopic (exact) mass is 473 g/mol. The molecule has 0 atom stereocenters. The standard InChI is InChI=1S/C29H35N3O3/c1-34-28-12-6-5-11-27(28)32-20-18-31(19-21-32)17-7-10-24-13-15-26(16-14-24)30-29(33)23-35-22-25-8-3-2-4-9-25/h2-6,8-9,11-16H,7,10,17-23H2,1H3,(H,30,33). The fraction of sp³-hybridized carbons (Fsp3) is 0.345. The van der Waals surface area contributed by atoms with Crippen molar-refractivity contribution in [3.05, 3.63) is 90.0 Å². The summed E-state index contributed by atoms with van der Waals surface area (Å²) in [5, 5.41) is 2.90. The fourth-order valence-corrected chi connectivity index (χ4v) is 4.40. The molecule has 0 radical (unpaired) electrons. The van der Waals surface area contributed by atoms with E-state index in [4.69, 9.17) is 9.47 Å². The van der Waals surface area contributed by atoms with Crippen LogP contribution in [-0.4, -0.2) is 57.2 Å². The Hall–Kier alpha value is -3.35. The van der Waals surface area contributed by atoms with E-state index in [1.165, 1.54) is 11.3 Å². The lowest BCUT2D eigenvalue weighted by Gasteiger charge is -2.36. The Morgan fingerprint density at radius 2 is 1.57 bits per heavy atom. The van der Waals surface area contributed by atoms with Gasteiger partial charge >= 0.3 is 0 Å². The van der Waals surface area contributed by atoms with Crippen LogP contribution in [0.1, 0.15) is 17.5 Å². The number of ether oxygens (including phenoxy) is 2. The van der Waals surface area contributed by atoms with E-state index in [0.29, 0.717) is 6.61 Å². The van der Waals surface area contributed by atoms with Crippen LogP contribution < -0.4 is 15.0 Å². The van der Waals surface area contributed by atoms with Gasteiger partial charge in [-0.3, -0.25) is 9.69 Å². The molecule has 3 aromatic carbocycles. The number of anilines is 2. The Morgan fingerprint density at radius 1 is 0.857 bits per heavy atom. The van der Waals surface area contributed by atoms with Crippen LogP contribution in [0.25, 0.3) is 0 Å². The number of para-hydroxylation sites is 2. The second-order valence-corrected chi connectivity index (χ2v) is 8.83. The van der Waals surface area contributed by atoms with Crippen LogP contribution in [-0.2, 0) is 22.6 Å². The average molecular weight is 474 g/mol. The van der Waals surface area contributed by atoms with E-state index >= 15 is 0 Å². The maximum Gasteiger partial charge on any atom is 0.250 e. The number of benzene rings is 3. The van der Waals surface area contributed by atoms with Crippen molar-refractivity contribution in [2.24, 2.45) is 0 Å². The van der Waals surface area contributed by atoms with Gasteiger partial charge in [-0.05, 0) is 54.8 Å². The summed E-state index contributed by atoms with van der Waals surface area (Å²) in [6.07, 6.45) is 2.15. The molecule has 6 heteroatoms. The average Bonchev–Trinajstić information content (AvgIpc) is 2.91. The molecule has 0 aliphatic carbocycles. The Labute approximate surface area is 208 Å². The summed E-state index contributed by atoms with van der Waals surface area (Å²) in [6.45, 7) is 5.74. The van der Waals surface area contributed by atoms with Crippen LogP contribution in [0.5, 0.6) is 5.75 Å². The first-order chi connectivity index (χ1) is 17.2. The predicted octanol–water partition coefficient (Wildman–Crippen LogP) is 4.61. The van der Waals surface area contributed by atoms with Gasteiger partial charge in [-0.1, -0.05) is 54.6 Å². The SMILES string of the molecule is COc1ccccc1N1CCN(CCCc2ccc(NC(=O)COCc3ccccc3)cc2)CC1. The summed E-state index contributed by atoms with van der Waals surface area (Å²) < 4.78 is 11.0. The number of hydrogen-bond acceptors (Lipinski definition) is 5. The van der Waals surface area contributed by atoms with E-state index in [1.807, 2.05) is 54.6 Å². The molecule has 3 aromatic rings. The largest absolute Gasteiger partial charge is 0.495 e. The van der Waals surface area contributed by atoms with Crippen LogP contribution in [0, 0.1) is 0 Å². The molecule has 35 heavy (non-hydrogen) atoms. The molecule has 0 saturated carbocycles. The number of amides is 1. The van der Waals surface area contributed by atoms with Crippen LogP contribution in [0.2, 0.25) is 0 Å². The van der Waals surface area contributed by atoms with E-state index in [1.54, 1.807) is 7.11 Å². The van der Waals surface area contributed by atoms with Crippen LogP contribution >= 0.6 is 0 Å². The lowest BCUT2D eigenvalue weighted by Crippen LogP contribution is -2.46. The number of carbonyl (C=O) groups excluding carboxylic acids is 1. The smallest absolute Gasteiger partial charge is 0.250 e. The molecule has 4 rings (SSSR count). The van der Waals surface area contributed by atoms with E-state index in [9.17, 15) is 4.79 Å². The topological polar surface area (TPSA) is 54.0 Å². The minimum atomic E-state index is -0.138. The quantitative estimate of drug-likeness (QED) is 0.441. The molecule has 1 aliphatic heterocycles. The summed E-state index contributed by atoms with van der Waals surface area (Å²) in [7, 11) is 1.73. The first-order valence-corrected chi connectivity index (χ1v) is 12.3. The van der Waals surface area contributed by atoms with Gasteiger partial charge in [0.1, 0.15) is 12.4 Å². The summed E-state index contributed by atoms with van der Waals surface area (Å²) >= 11 is 0. The third-order valence-electron chi connectivity index (χ3n) is 6.32. The molecule has 1 fully saturated rings. The first kappa shape index (κ1) is 24.8. The Kier molecular flexibility index (Phi) is 9.15. The third kappa shape index (κ3) is 7.57. The van der Waals surface area contributed by atoms with Crippen LogP contribution in [0.15, 0.2) is 78.9 Å². The van der Waals surface area contributed by atoms with Gasteiger partial charge in [0, 0.05) is 31.9 Å². The van der Waals surface area contributed by atoms with Gasteiger partial charge in [-0.25, -0.2) is 0 Å². The molecule has 0 spiro atoms. The maximum atomic E-state index is 12.1. The second kappa shape index (κ2) is 12.9. The molecule has 0 unspecified atom stereocenters. The number of carbonyl (C=O) groups is 1. The van der Waals surface area contributed by atoms with Gasteiger partial charge in [0.25, 0.3) is 0 Å². The highest BCUT2D eigenvalue weighted by molar-refractivity contribution is 5.91. The van der Waals surface area contributed by atoms with Crippen molar-refractivity contribution in [3.63, 3.8) is 0 Å². The van der Waals surface area contributed by atoms with Crippen molar-refractivity contribution in [1.82, 2.24) is 4.90 Å². The van der Waals surface area contributed by atoms with Gasteiger partial charge in [0.2, 0.25) is 5.91 Å². The number of hydrogen-bond donors (Lipinski definition) is 1. The van der Waals surface area contributed by atoms with E-state index in [-0.39, 0.29) is 12.5 Å². The zero-order valence-corrected chi connectivity index (χ0v) is 20.5. The maximum absolute atomic E-state index is 12.1. The van der Waals surface area contributed by atoms with Crippen molar-refractivity contribution < 1.29 is 14.3 Å². The van der Waals surface area contributed by atoms with Crippen LogP contribution in [0.4, 0.5) is 11.4 Å². The summed E-state index contributed by atoms with van der Waals surface area (Å²) in [5.74, 6) is 0.807. The van der Waals surface area contributed by atoms with Crippen molar-refractivity contribution >= 4 is 17.3 Å². The van der Waals surface area contributed by atoms with Gasteiger partial charge < -0.3 is 19.7 Å². The molecule has 1 N–H and O–H groups in total. The number of nitrogens with one attached hydrogen (secondary N) is 1. The highest BCUT2D eigenvalue weighted by Gasteiger charge is 2.19. The van der Waals surface area contributed by atoms with Crippen molar-refractivity contribution in [2.45, 2.75) is 19.4 Å². The van der Waals surface area contributed by atoms with Gasteiger partial charge in [0.05, 0.1) is 19.4 Å². The summed E-state index contributed by atoms with van der Waals surface area (Å²) in [5.41, 5.74) is 4.33. The number of methoxy groups -OCH3 is 1. The third-order valence-corrected chi connectivity index (χ3v) is 6.32. The molecule has 6 nitrogen and oxygen atoms in total. The molecule has 1 aliphatic rings. The zero-order chi connectivity index (χ0) is 24.3. The van der Waals surface area contributed by atoms with E-state index in [0.717, 1.165) is 62.6 Å². The van der Waals surface area contributed by atoms with E-state index < -0.39 is 0 Å². The summed E-state index contributed by atoms with van der Waals surface area (Å²) in [6, 6.07) is 26.2. The molecule has 184 valence electrons. The van der Waals surface area contributed by atoms with Crippen LogP contribution in [0.3, 0.4) is 0 Å². The minimum absolute atomic E-state index is 0.0426. The zero-order valence-electron chi connectivity index (χ0n) is 20.5. The summed E-state index contributed by atoms with van der Waals surface area (Å²) in [4.78, 5) is 17.1. The lowest BCUT2D eigenvalue weighted by atomic mass is 10.1. The number of rotatable bonds is 11. The predicted molar refractivity (Wildman–Crippen MR) is 141 cm³/mol. The fourth-order valence-electron chi connectivity index (χ4n) is 4.40. The Bertz CT molecular complexity index is 1050. The van der Waals surface area contributed by atoms with Gasteiger partial charge in [0.15, 0.2) is 0 Å². The second-order valence-electron chi connectivity index (χ2n) is 8.83. The van der Waals surface area contributed by atoms with Gasteiger partial charge in [-0.15, -0.1) is 0 Å². The number of piperazine rings is 1. The van der Waals surface area contributed by atoms with Gasteiger partial charge in [-0.2, -0.15) is 0 Å². The molecular weight excluding hydrogens is 438 g/mol. The lowest BCUT2D eigenvalue weighted by molar-refractivity contribution is -0.121. The molecule has 1 saturated heterocycles. The highest BCUT2D eigenvalue weighted by atomic mass is 16.5. The van der Waals surface area contributed by atoms with Crippen molar-refractivity contribution in [2.75, 3.05) is 56.7 Å². The molecule has 1 amide bonds. The van der Waals surface area contributed by atoms with Crippen molar-refractivity contribution in [3.8, 4) is 5.75 Å². The Morgan fingerprint density at radius 3 is 2.31 bits per heavy atom.